The molecule has 1 fully saturated rings. The third kappa shape index (κ3) is 3.32. The van der Waals surface area contributed by atoms with Gasteiger partial charge in [-0.2, -0.15) is 0 Å². The molecule has 2 aromatic carbocycles. The van der Waals surface area contributed by atoms with E-state index in [1.165, 1.54) is 18.2 Å². The van der Waals surface area contributed by atoms with Crippen molar-refractivity contribution in [3.63, 3.8) is 0 Å². The number of oxazole rings is 1. The number of nitro benzene ring substituents is 1. The Morgan fingerprint density at radius 1 is 1.27 bits per heavy atom. The molecule has 1 aliphatic rings. The molecular weight excluding hydrogens is 334 g/mol. The highest BCUT2D eigenvalue weighted by Crippen LogP contribution is 2.40. The minimum atomic E-state index is -0.479. The molecule has 0 unspecified atom stereocenters. The first-order valence-electron chi connectivity index (χ1n) is 8.23. The fourth-order valence-corrected chi connectivity index (χ4v) is 2.67. The summed E-state index contributed by atoms with van der Waals surface area (Å²) < 4.78 is 5.69. The molecule has 1 saturated carbocycles. The van der Waals surface area contributed by atoms with Crippen LogP contribution in [0.1, 0.15) is 30.2 Å². The van der Waals surface area contributed by atoms with E-state index in [9.17, 15) is 14.9 Å². The summed E-state index contributed by atoms with van der Waals surface area (Å²) >= 11 is 0. The minimum absolute atomic E-state index is 0.0480. The van der Waals surface area contributed by atoms with Gasteiger partial charge in [0.25, 0.3) is 5.69 Å². The number of carbonyl (C=O) groups is 1. The van der Waals surface area contributed by atoms with Gasteiger partial charge in [0, 0.05) is 23.7 Å². The van der Waals surface area contributed by atoms with Gasteiger partial charge in [-0.25, -0.2) is 4.98 Å². The van der Waals surface area contributed by atoms with Gasteiger partial charge in [-0.15, -0.1) is 0 Å². The van der Waals surface area contributed by atoms with E-state index in [-0.39, 0.29) is 11.6 Å². The predicted octanol–water partition coefficient (Wildman–Crippen LogP) is 4.27. The lowest BCUT2D eigenvalue weighted by molar-refractivity contribution is -0.385. The Labute approximate surface area is 148 Å². The first kappa shape index (κ1) is 16.0. The van der Waals surface area contributed by atoms with E-state index >= 15 is 0 Å². The predicted molar refractivity (Wildman–Crippen MR) is 96.7 cm³/mol. The highest BCUT2D eigenvalue weighted by Gasteiger charge is 2.28. The number of para-hydroxylation sites is 1. The molecule has 26 heavy (non-hydrogen) atoms. The van der Waals surface area contributed by atoms with Crippen LogP contribution < -0.4 is 5.32 Å². The van der Waals surface area contributed by atoms with Crippen molar-refractivity contribution in [3.8, 4) is 0 Å². The fraction of sp³-hybridized carbons (Fsp3) is 0.158. The molecule has 7 nitrogen and oxygen atoms in total. The van der Waals surface area contributed by atoms with E-state index < -0.39 is 4.92 Å². The summed E-state index contributed by atoms with van der Waals surface area (Å²) in [4.78, 5) is 27.1. The van der Waals surface area contributed by atoms with Crippen LogP contribution in [-0.4, -0.2) is 15.8 Å². The highest BCUT2D eigenvalue weighted by molar-refractivity contribution is 6.02. The maximum atomic E-state index is 12.1. The van der Waals surface area contributed by atoms with Crippen molar-refractivity contribution in [2.24, 2.45) is 0 Å². The van der Waals surface area contributed by atoms with Gasteiger partial charge in [-0.1, -0.05) is 12.1 Å². The van der Waals surface area contributed by atoms with E-state index in [1.54, 1.807) is 36.4 Å². The summed E-state index contributed by atoms with van der Waals surface area (Å²) in [6.45, 7) is 0. The smallest absolute Gasteiger partial charge is 0.276 e. The number of nitrogens with one attached hydrogen (secondary N) is 1. The number of fused-ring (bicyclic) bond motifs is 1. The third-order valence-corrected chi connectivity index (χ3v) is 4.15. The normalized spacial score (nSPS) is 14.0. The van der Waals surface area contributed by atoms with Crippen LogP contribution in [0.3, 0.4) is 0 Å². The van der Waals surface area contributed by atoms with Crippen LogP contribution in [0.25, 0.3) is 17.2 Å². The van der Waals surface area contributed by atoms with Crippen molar-refractivity contribution in [2.75, 3.05) is 5.32 Å². The Bertz CT molecular complexity index is 1030. The Hall–Kier alpha value is -3.48. The number of hydrogen-bond acceptors (Lipinski definition) is 5. The average Bonchev–Trinajstić information content (AvgIpc) is 3.39. The van der Waals surface area contributed by atoms with Gasteiger partial charge in [0.05, 0.1) is 10.5 Å². The van der Waals surface area contributed by atoms with Crippen molar-refractivity contribution in [2.45, 2.75) is 18.8 Å². The number of anilines is 1. The van der Waals surface area contributed by atoms with Crippen LogP contribution in [0, 0.1) is 10.1 Å². The number of hydrogen-bond donors (Lipinski definition) is 1. The Morgan fingerprint density at radius 2 is 2.08 bits per heavy atom. The molecule has 7 heteroatoms. The summed E-state index contributed by atoms with van der Waals surface area (Å²) in [5.41, 5.74) is 2.31. The van der Waals surface area contributed by atoms with Crippen LogP contribution in [-0.2, 0) is 4.79 Å². The Kier molecular flexibility index (Phi) is 3.96. The molecule has 1 aromatic heterocycles. The Morgan fingerprint density at radius 3 is 2.85 bits per heavy atom. The van der Waals surface area contributed by atoms with Crippen LogP contribution in [0.2, 0.25) is 0 Å². The van der Waals surface area contributed by atoms with Gasteiger partial charge in [0.15, 0.2) is 11.5 Å². The molecule has 1 heterocycles. The molecule has 3 aromatic rings. The topological polar surface area (TPSA) is 98.3 Å². The fourth-order valence-electron chi connectivity index (χ4n) is 2.67. The molecule has 0 atom stereocenters. The molecule has 1 amide bonds. The van der Waals surface area contributed by atoms with Gasteiger partial charge < -0.3 is 9.73 Å². The number of carbonyl (C=O) groups excluding carboxylic acids is 1. The SMILES string of the molecule is O=C(C=Cc1ccccc1[N+](=O)[O-])Nc1ccc2oc(C3CC3)nc2c1. The standard InChI is InChI=1S/C19H15N3O4/c23-18(10-7-12-3-1-2-4-16(12)22(24)25)20-14-8-9-17-15(11-14)21-19(26-17)13-5-6-13/h1-4,7-11,13H,5-6H2,(H,20,23). The first-order chi connectivity index (χ1) is 12.6. The summed E-state index contributed by atoms with van der Waals surface area (Å²) in [5.74, 6) is 0.790. The second-order valence-electron chi connectivity index (χ2n) is 6.15. The summed E-state index contributed by atoms with van der Waals surface area (Å²) in [5, 5.41) is 13.7. The lowest BCUT2D eigenvalue weighted by atomic mass is 10.1. The number of amides is 1. The zero-order chi connectivity index (χ0) is 18.1. The molecule has 0 bridgehead atoms. The number of aromatic nitrogens is 1. The maximum Gasteiger partial charge on any atom is 0.276 e. The van der Waals surface area contributed by atoms with Crippen molar-refractivity contribution < 1.29 is 14.1 Å². The maximum absolute atomic E-state index is 12.1. The van der Waals surface area contributed by atoms with Crippen LogP contribution in [0.5, 0.6) is 0 Å². The van der Waals surface area contributed by atoms with Gasteiger partial charge in [-0.3, -0.25) is 14.9 Å². The summed E-state index contributed by atoms with van der Waals surface area (Å²) in [6.07, 6.45) is 4.90. The molecule has 0 spiro atoms. The largest absolute Gasteiger partial charge is 0.440 e. The zero-order valence-electron chi connectivity index (χ0n) is 13.7. The second kappa shape index (κ2) is 6.44. The first-order valence-corrected chi connectivity index (χ1v) is 8.23. The summed E-state index contributed by atoms with van der Waals surface area (Å²) in [6, 6.07) is 11.5. The molecule has 1 N–H and O–H groups in total. The minimum Gasteiger partial charge on any atom is -0.440 e. The van der Waals surface area contributed by atoms with E-state index in [0.717, 1.165) is 18.7 Å². The van der Waals surface area contributed by atoms with Gasteiger partial charge >= 0.3 is 0 Å². The zero-order valence-corrected chi connectivity index (χ0v) is 13.7. The second-order valence-corrected chi connectivity index (χ2v) is 6.15. The van der Waals surface area contributed by atoms with Crippen LogP contribution in [0.15, 0.2) is 53.0 Å². The molecule has 0 saturated heterocycles. The number of benzene rings is 2. The number of nitro groups is 1. The lowest BCUT2D eigenvalue weighted by Crippen LogP contribution is -2.07. The van der Waals surface area contributed by atoms with Crippen LogP contribution in [0.4, 0.5) is 11.4 Å². The molecule has 4 rings (SSSR count). The van der Waals surface area contributed by atoms with E-state index in [2.05, 4.69) is 10.3 Å². The molecule has 0 radical (unpaired) electrons. The monoisotopic (exact) mass is 349 g/mol. The number of nitrogens with zero attached hydrogens (tertiary/aromatic N) is 2. The van der Waals surface area contributed by atoms with E-state index in [4.69, 9.17) is 4.42 Å². The van der Waals surface area contributed by atoms with Crippen molar-refractivity contribution in [1.82, 2.24) is 4.98 Å². The van der Waals surface area contributed by atoms with Crippen molar-refractivity contribution in [1.29, 1.82) is 0 Å². The molecule has 1 aliphatic carbocycles. The molecule has 130 valence electrons. The average molecular weight is 349 g/mol. The summed E-state index contributed by atoms with van der Waals surface area (Å²) in [7, 11) is 0. The Balaban J connectivity index is 1.49. The van der Waals surface area contributed by atoms with Crippen molar-refractivity contribution in [3.05, 3.63) is 70.1 Å². The van der Waals surface area contributed by atoms with Crippen LogP contribution >= 0.6 is 0 Å². The van der Waals surface area contributed by atoms with Gasteiger partial charge in [0.2, 0.25) is 5.91 Å². The highest BCUT2D eigenvalue weighted by atomic mass is 16.6. The molecular formula is C19H15N3O4. The van der Waals surface area contributed by atoms with Crippen molar-refractivity contribution >= 4 is 34.5 Å². The lowest BCUT2D eigenvalue weighted by Gasteiger charge is -2.01. The quantitative estimate of drug-likeness (QED) is 0.421. The van der Waals surface area contributed by atoms with Gasteiger partial charge in [0.1, 0.15) is 5.52 Å². The van der Waals surface area contributed by atoms with E-state index in [0.29, 0.717) is 28.3 Å². The van der Waals surface area contributed by atoms with Gasteiger partial charge in [-0.05, 0) is 43.2 Å². The van der Waals surface area contributed by atoms with E-state index in [1.807, 2.05) is 0 Å². The molecule has 0 aliphatic heterocycles. The number of rotatable bonds is 5. The third-order valence-electron chi connectivity index (χ3n) is 4.15.